The van der Waals surface area contributed by atoms with Crippen molar-refractivity contribution in [3.63, 3.8) is 0 Å². The molecule has 96 valence electrons. The Morgan fingerprint density at radius 2 is 2.06 bits per heavy atom. The average molecular weight is 310 g/mol. The highest BCUT2D eigenvalue weighted by Gasteiger charge is 2.08. The number of nitrogens with two attached hydrogens (primary N) is 1. The van der Waals surface area contributed by atoms with Crippen molar-refractivity contribution in [1.29, 1.82) is 0 Å². The topological polar surface area (TPSA) is 53.1 Å². The Labute approximate surface area is 115 Å². The number of para-hydroxylation sites is 2. The lowest BCUT2D eigenvalue weighted by Gasteiger charge is -2.09. The molecule has 2 rings (SSSR count). The van der Waals surface area contributed by atoms with Gasteiger partial charge in [0.25, 0.3) is 0 Å². The second-order valence-electron chi connectivity index (χ2n) is 4.09. The third-order valence-corrected chi connectivity index (χ3v) is 3.92. The quantitative estimate of drug-likeness (QED) is 0.884. The monoisotopic (exact) mass is 309 g/mol. The minimum absolute atomic E-state index is 0.544. The van der Waals surface area contributed by atoms with Gasteiger partial charge in [0.1, 0.15) is 12.4 Å². The van der Waals surface area contributed by atoms with Gasteiger partial charge < -0.3 is 10.5 Å². The number of anilines is 1. The first kappa shape index (κ1) is 13.0. The van der Waals surface area contributed by atoms with Crippen LogP contribution in [0.15, 0.2) is 28.7 Å². The lowest BCUT2D eigenvalue weighted by molar-refractivity contribution is 0.291. The highest BCUT2D eigenvalue weighted by Crippen LogP contribution is 2.21. The van der Waals surface area contributed by atoms with Crippen molar-refractivity contribution >= 4 is 21.6 Å². The molecule has 1 aromatic carbocycles. The lowest BCUT2D eigenvalue weighted by atomic mass is 10.3. The predicted octanol–water partition coefficient (Wildman–Crippen LogP) is 2.92. The first-order valence-corrected chi connectivity index (χ1v) is 6.55. The van der Waals surface area contributed by atoms with Gasteiger partial charge in [0.05, 0.1) is 22.4 Å². The van der Waals surface area contributed by atoms with Gasteiger partial charge in [-0.05, 0) is 41.9 Å². The molecular weight excluding hydrogens is 294 g/mol. The first-order chi connectivity index (χ1) is 8.59. The summed E-state index contributed by atoms with van der Waals surface area (Å²) in [5, 5.41) is 4.42. The number of hydrogen-bond donors (Lipinski definition) is 1. The molecular formula is C13H16BrN3O. The van der Waals surface area contributed by atoms with Gasteiger partial charge >= 0.3 is 0 Å². The minimum Gasteiger partial charge on any atom is -0.490 e. The molecule has 0 atom stereocenters. The molecule has 1 aromatic heterocycles. The molecule has 4 nitrogen and oxygen atoms in total. The number of aryl methyl sites for hydroxylation is 1. The van der Waals surface area contributed by atoms with E-state index in [1.54, 1.807) is 0 Å². The van der Waals surface area contributed by atoms with Crippen molar-refractivity contribution in [3.05, 3.63) is 40.1 Å². The SMILES string of the molecule is Cc1nn(CCOc2ccccc2N)c(C)c1Br. The fourth-order valence-corrected chi connectivity index (χ4v) is 2.03. The largest absolute Gasteiger partial charge is 0.490 e. The van der Waals surface area contributed by atoms with Crippen LogP contribution in [0.25, 0.3) is 0 Å². The molecule has 0 saturated heterocycles. The van der Waals surface area contributed by atoms with Gasteiger partial charge in [-0.3, -0.25) is 4.68 Å². The summed E-state index contributed by atoms with van der Waals surface area (Å²) in [6, 6.07) is 7.49. The lowest BCUT2D eigenvalue weighted by Crippen LogP contribution is -2.11. The van der Waals surface area contributed by atoms with Gasteiger partial charge in [0.15, 0.2) is 0 Å². The molecule has 2 aromatic rings. The van der Waals surface area contributed by atoms with Crippen LogP contribution in [-0.4, -0.2) is 16.4 Å². The Bertz CT molecular complexity index is 551. The van der Waals surface area contributed by atoms with E-state index in [0.717, 1.165) is 21.6 Å². The zero-order valence-corrected chi connectivity index (χ0v) is 12.1. The molecule has 0 radical (unpaired) electrons. The highest BCUT2D eigenvalue weighted by molar-refractivity contribution is 9.10. The van der Waals surface area contributed by atoms with Crippen molar-refractivity contribution in [3.8, 4) is 5.75 Å². The fraction of sp³-hybridized carbons (Fsp3) is 0.308. The molecule has 18 heavy (non-hydrogen) atoms. The maximum Gasteiger partial charge on any atom is 0.142 e. The van der Waals surface area contributed by atoms with Crippen molar-refractivity contribution < 1.29 is 4.74 Å². The summed E-state index contributed by atoms with van der Waals surface area (Å²) in [6.07, 6.45) is 0. The summed E-state index contributed by atoms with van der Waals surface area (Å²) in [5.74, 6) is 0.720. The van der Waals surface area contributed by atoms with Crippen molar-refractivity contribution in [1.82, 2.24) is 9.78 Å². The van der Waals surface area contributed by atoms with E-state index in [9.17, 15) is 0 Å². The van der Waals surface area contributed by atoms with Gasteiger partial charge in [-0.1, -0.05) is 12.1 Å². The Morgan fingerprint density at radius 1 is 1.33 bits per heavy atom. The molecule has 0 aliphatic carbocycles. The van der Waals surface area contributed by atoms with Gasteiger partial charge in [-0.2, -0.15) is 5.10 Å². The molecule has 1 heterocycles. The molecule has 0 aliphatic heterocycles. The number of ether oxygens (including phenoxy) is 1. The maximum atomic E-state index is 5.80. The van der Waals surface area contributed by atoms with Gasteiger partial charge in [0.2, 0.25) is 0 Å². The highest BCUT2D eigenvalue weighted by atomic mass is 79.9. The molecule has 2 N–H and O–H groups in total. The van der Waals surface area contributed by atoms with E-state index < -0.39 is 0 Å². The fourth-order valence-electron chi connectivity index (χ4n) is 1.75. The summed E-state index contributed by atoms with van der Waals surface area (Å²) in [6.45, 7) is 5.25. The van der Waals surface area contributed by atoms with Crippen LogP contribution in [0.5, 0.6) is 5.75 Å². The number of hydrogen-bond acceptors (Lipinski definition) is 3. The van der Waals surface area contributed by atoms with Crippen molar-refractivity contribution in [2.75, 3.05) is 12.3 Å². The Morgan fingerprint density at radius 3 is 2.67 bits per heavy atom. The molecule has 0 aliphatic rings. The van der Waals surface area contributed by atoms with E-state index in [4.69, 9.17) is 10.5 Å². The predicted molar refractivity (Wildman–Crippen MR) is 75.8 cm³/mol. The standard InChI is InChI=1S/C13H16BrN3O/c1-9-13(14)10(2)17(16-9)7-8-18-12-6-4-3-5-11(12)15/h3-6H,7-8,15H2,1-2H3. The van der Waals surface area contributed by atoms with Crippen LogP contribution in [-0.2, 0) is 6.54 Å². The third-order valence-electron chi connectivity index (χ3n) is 2.77. The molecule has 0 spiro atoms. The minimum atomic E-state index is 0.544. The van der Waals surface area contributed by atoms with Crippen LogP contribution < -0.4 is 10.5 Å². The second-order valence-corrected chi connectivity index (χ2v) is 4.89. The maximum absolute atomic E-state index is 5.80. The number of rotatable bonds is 4. The van der Waals surface area contributed by atoms with Crippen LogP contribution in [0.2, 0.25) is 0 Å². The number of nitrogen functional groups attached to an aromatic ring is 1. The number of aromatic nitrogens is 2. The van der Waals surface area contributed by atoms with Gasteiger partial charge in [-0.15, -0.1) is 0 Å². The summed E-state index contributed by atoms with van der Waals surface area (Å²) < 4.78 is 8.63. The van der Waals surface area contributed by atoms with Crippen LogP contribution in [0.1, 0.15) is 11.4 Å². The molecule has 0 amide bonds. The van der Waals surface area contributed by atoms with Crippen LogP contribution in [0.3, 0.4) is 0 Å². The Hall–Kier alpha value is -1.49. The summed E-state index contributed by atoms with van der Waals surface area (Å²) in [4.78, 5) is 0. The Kier molecular flexibility index (Phi) is 3.91. The van der Waals surface area contributed by atoms with Gasteiger partial charge in [0, 0.05) is 5.69 Å². The Balaban J connectivity index is 1.97. The van der Waals surface area contributed by atoms with Crippen LogP contribution in [0, 0.1) is 13.8 Å². The summed E-state index contributed by atoms with van der Waals surface area (Å²) in [7, 11) is 0. The number of halogens is 1. The third kappa shape index (κ3) is 2.67. The normalized spacial score (nSPS) is 10.6. The zero-order valence-electron chi connectivity index (χ0n) is 10.5. The van der Waals surface area contributed by atoms with Crippen molar-refractivity contribution in [2.24, 2.45) is 0 Å². The van der Waals surface area contributed by atoms with E-state index in [2.05, 4.69) is 21.0 Å². The summed E-state index contributed by atoms with van der Waals surface area (Å²) >= 11 is 3.50. The van der Waals surface area contributed by atoms with Crippen molar-refractivity contribution in [2.45, 2.75) is 20.4 Å². The van der Waals surface area contributed by atoms with Crippen LogP contribution in [0.4, 0.5) is 5.69 Å². The molecule has 0 fully saturated rings. The summed E-state index contributed by atoms with van der Waals surface area (Å²) in [5.41, 5.74) is 8.56. The molecule has 5 heteroatoms. The number of nitrogens with zero attached hydrogens (tertiary/aromatic N) is 2. The van der Waals surface area contributed by atoms with Crippen LogP contribution >= 0.6 is 15.9 Å². The second kappa shape index (κ2) is 5.44. The van der Waals surface area contributed by atoms with E-state index in [0.29, 0.717) is 18.8 Å². The van der Waals surface area contributed by atoms with Gasteiger partial charge in [-0.25, -0.2) is 0 Å². The zero-order chi connectivity index (χ0) is 13.1. The number of benzene rings is 1. The average Bonchev–Trinajstić information content (AvgIpc) is 2.60. The van der Waals surface area contributed by atoms with E-state index in [1.807, 2.05) is 42.8 Å². The van der Waals surface area contributed by atoms with E-state index >= 15 is 0 Å². The first-order valence-electron chi connectivity index (χ1n) is 5.76. The molecule has 0 bridgehead atoms. The smallest absolute Gasteiger partial charge is 0.142 e. The molecule has 0 unspecified atom stereocenters. The van der Waals surface area contributed by atoms with E-state index in [-0.39, 0.29) is 0 Å². The van der Waals surface area contributed by atoms with E-state index in [1.165, 1.54) is 0 Å². The molecule has 0 saturated carbocycles.